The lowest BCUT2D eigenvalue weighted by molar-refractivity contribution is -0.269. The Hall–Kier alpha value is -1.78. The third-order valence-corrected chi connectivity index (χ3v) is 6.52. The van der Waals surface area contributed by atoms with E-state index < -0.39 is 49.6 Å². The van der Waals surface area contributed by atoms with Crippen molar-refractivity contribution in [3.63, 3.8) is 0 Å². The number of nitrogens with one attached hydrogen (secondary N) is 1. The number of likely N-dealkylation sites (tertiary alicyclic amines) is 1. The van der Waals surface area contributed by atoms with Crippen molar-refractivity contribution in [3.05, 3.63) is 75.0 Å². The SMILES string of the molecule is O=C(C(Cl)Cl)N1CC(F)(c2ccc(C3=CC(c4cc(Cl)c(F)c(Cl)c4)(C(F)(F)F)ON3)cc2)C1. The van der Waals surface area contributed by atoms with Crippen LogP contribution < -0.4 is 5.48 Å². The minimum Gasteiger partial charge on any atom is -0.333 e. The van der Waals surface area contributed by atoms with Gasteiger partial charge in [-0.15, -0.1) is 0 Å². The highest BCUT2D eigenvalue weighted by molar-refractivity contribution is 6.53. The summed E-state index contributed by atoms with van der Waals surface area (Å²) >= 11 is 22.4. The van der Waals surface area contributed by atoms with E-state index in [-0.39, 0.29) is 29.9 Å². The summed E-state index contributed by atoms with van der Waals surface area (Å²) in [6.45, 7) is -0.511. The monoisotopic (exact) mass is 560 g/mol. The van der Waals surface area contributed by atoms with E-state index in [2.05, 4.69) is 5.48 Å². The molecule has 1 atom stereocenters. The van der Waals surface area contributed by atoms with Gasteiger partial charge in [0.25, 0.3) is 5.91 Å². The second kappa shape index (κ2) is 8.71. The molecule has 13 heteroatoms. The Morgan fingerprint density at radius 3 is 2.12 bits per heavy atom. The zero-order chi connectivity index (χ0) is 25.1. The minimum absolute atomic E-state index is 0.0640. The maximum Gasteiger partial charge on any atom is 0.428 e. The standard InChI is InChI=1S/C21H13Cl4F5N2O2/c22-13-5-12(6-14(23)16(13)26)20(21(28,29)30)7-15(31-34-20)10-1-3-11(4-2-10)19(27)8-32(9-19)18(33)17(24)25/h1-7,17,31H,8-9H2. The first-order valence-corrected chi connectivity index (χ1v) is 11.2. The van der Waals surface area contributed by atoms with Crippen molar-refractivity contribution in [2.75, 3.05) is 13.1 Å². The lowest BCUT2D eigenvalue weighted by atomic mass is 9.87. The summed E-state index contributed by atoms with van der Waals surface area (Å²) in [6, 6.07) is 7.13. The molecule has 34 heavy (non-hydrogen) atoms. The normalized spacial score (nSPS) is 21.8. The van der Waals surface area contributed by atoms with Gasteiger partial charge in [-0.25, -0.2) is 8.78 Å². The first-order valence-electron chi connectivity index (χ1n) is 9.53. The number of hydrogen-bond acceptors (Lipinski definition) is 3. The maximum absolute atomic E-state index is 15.1. The zero-order valence-electron chi connectivity index (χ0n) is 16.7. The summed E-state index contributed by atoms with van der Waals surface area (Å²) in [6.07, 6.45) is -4.21. The Balaban J connectivity index is 1.62. The molecule has 2 aromatic rings. The molecule has 2 aliphatic rings. The fraction of sp³-hybridized carbons (Fsp3) is 0.286. The summed E-state index contributed by atoms with van der Waals surface area (Å²) in [5, 5.41) is -1.20. The van der Waals surface area contributed by atoms with Crippen LogP contribution in [0.3, 0.4) is 0 Å². The van der Waals surface area contributed by atoms with Crippen LogP contribution in [0.5, 0.6) is 0 Å². The molecule has 182 valence electrons. The second-order valence-electron chi connectivity index (χ2n) is 7.79. The molecule has 0 bridgehead atoms. The van der Waals surface area contributed by atoms with Crippen molar-refractivity contribution >= 4 is 58.0 Å². The molecule has 0 aromatic heterocycles. The Bertz CT molecular complexity index is 1140. The molecule has 0 saturated carbocycles. The highest BCUT2D eigenvalue weighted by Gasteiger charge is 2.60. The Morgan fingerprint density at radius 2 is 1.62 bits per heavy atom. The van der Waals surface area contributed by atoms with Crippen molar-refractivity contribution in [2.45, 2.75) is 22.3 Å². The van der Waals surface area contributed by atoms with Crippen LogP contribution in [0.15, 0.2) is 42.5 Å². The van der Waals surface area contributed by atoms with Gasteiger partial charge in [-0.3, -0.25) is 15.1 Å². The van der Waals surface area contributed by atoms with Crippen LogP contribution in [0.1, 0.15) is 16.7 Å². The number of carbonyl (C=O) groups is 1. The molecule has 2 heterocycles. The predicted molar refractivity (Wildman–Crippen MR) is 118 cm³/mol. The number of hydroxylamine groups is 1. The van der Waals surface area contributed by atoms with Crippen LogP contribution in [0.4, 0.5) is 22.0 Å². The van der Waals surface area contributed by atoms with Crippen molar-refractivity contribution < 1.29 is 31.6 Å². The summed E-state index contributed by atoms with van der Waals surface area (Å²) in [5.74, 6) is -1.67. The van der Waals surface area contributed by atoms with Crippen molar-refractivity contribution in [3.8, 4) is 0 Å². The zero-order valence-corrected chi connectivity index (χ0v) is 19.7. The predicted octanol–water partition coefficient (Wildman–Crippen LogP) is 6.28. The molecular weight excluding hydrogens is 549 g/mol. The molecule has 2 aromatic carbocycles. The van der Waals surface area contributed by atoms with Crippen LogP contribution >= 0.6 is 46.4 Å². The lowest BCUT2D eigenvalue weighted by Crippen LogP contribution is -2.59. The number of benzene rings is 2. The van der Waals surface area contributed by atoms with Gasteiger partial charge < -0.3 is 4.90 Å². The van der Waals surface area contributed by atoms with Crippen LogP contribution in [-0.2, 0) is 20.9 Å². The first kappa shape index (κ1) is 25.3. The van der Waals surface area contributed by atoms with E-state index in [0.29, 0.717) is 0 Å². The third-order valence-electron chi connectivity index (χ3n) is 5.60. The van der Waals surface area contributed by atoms with Gasteiger partial charge in [0.05, 0.1) is 28.8 Å². The molecule has 2 aliphatic heterocycles. The van der Waals surface area contributed by atoms with Gasteiger partial charge in [0, 0.05) is 5.56 Å². The highest BCUT2D eigenvalue weighted by atomic mass is 35.5. The number of rotatable bonds is 4. The van der Waals surface area contributed by atoms with E-state index in [0.717, 1.165) is 23.1 Å². The van der Waals surface area contributed by atoms with Gasteiger partial charge in [-0.05, 0) is 29.3 Å². The highest BCUT2D eigenvalue weighted by Crippen LogP contribution is 2.49. The number of nitrogens with zero attached hydrogens (tertiary/aromatic N) is 1. The molecule has 1 unspecified atom stereocenters. The summed E-state index contributed by atoms with van der Waals surface area (Å²) < 4.78 is 71.1. The minimum atomic E-state index is -4.97. The fourth-order valence-electron chi connectivity index (χ4n) is 3.74. The quantitative estimate of drug-likeness (QED) is 0.271. The van der Waals surface area contributed by atoms with E-state index in [1.807, 2.05) is 0 Å². The molecule has 4 nitrogen and oxygen atoms in total. The number of alkyl halides is 6. The maximum atomic E-state index is 15.1. The van der Waals surface area contributed by atoms with E-state index in [9.17, 15) is 22.4 Å². The molecule has 0 spiro atoms. The number of hydrogen-bond donors (Lipinski definition) is 1. The molecule has 1 N–H and O–H groups in total. The van der Waals surface area contributed by atoms with Gasteiger partial charge in [-0.2, -0.15) is 13.2 Å². The van der Waals surface area contributed by atoms with Crippen molar-refractivity contribution in [1.82, 2.24) is 10.4 Å². The number of halogens is 9. The van der Waals surface area contributed by atoms with Crippen LogP contribution in [0.2, 0.25) is 10.0 Å². The summed E-state index contributed by atoms with van der Waals surface area (Å²) in [7, 11) is 0. The molecule has 0 radical (unpaired) electrons. The van der Waals surface area contributed by atoms with Crippen LogP contribution in [0.25, 0.3) is 5.70 Å². The Kier molecular flexibility index (Phi) is 6.48. The summed E-state index contributed by atoms with van der Waals surface area (Å²) in [4.78, 5) is 16.5. The molecule has 0 aliphatic carbocycles. The Labute approximate surface area is 210 Å². The number of carbonyl (C=O) groups excluding carboxylic acids is 1. The molecule has 1 saturated heterocycles. The van der Waals surface area contributed by atoms with Gasteiger partial charge in [0.15, 0.2) is 16.3 Å². The van der Waals surface area contributed by atoms with Crippen molar-refractivity contribution in [1.29, 1.82) is 0 Å². The van der Waals surface area contributed by atoms with Gasteiger partial charge >= 0.3 is 6.18 Å². The smallest absolute Gasteiger partial charge is 0.333 e. The largest absolute Gasteiger partial charge is 0.428 e. The first-order chi connectivity index (χ1) is 15.8. The molecule has 4 rings (SSSR count). The topological polar surface area (TPSA) is 41.6 Å². The van der Waals surface area contributed by atoms with Crippen LogP contribution in [-0.4, -0.2) is 34.9 Å². The number of amides is 1. The molecule has 1 fully saturated rings. The van der Waals surface area contributed by atoms with Gasteiger partial charge in [0.1, 0.15) is 0 Å². The summed E-state index contributed by atoms with van der Waals surface area (Å²) in [5.41, 5.74) is -2.74. The average molecular weight is 562 g/mol. The van der Waals surface area contributed by atoms with Crippen molar-refractivity contribution in [2.24, 2.45) is 0 Å². The lowest BCUT2D eigenvalue weighted by Gasteiger charge is -2.45. The third kappa shape index (κ3) is 4.22. The van der Waals surface area contributed by atoms with E-state index in [1.165, 1.54) is 24.3 Å². The van der Waals surface area contributed by atoms with Crippen LogP contribution in [0, 0.1) is 5.82 Å². The van der Waals surface area contributed by atoms with E-state index >= 15 is 4.39 Å². The Morgan fingerprint density at radius 1 is 1.06 bits per heavy atom. The van der Waals surface area contributed by atoms with Gasteiger partial charge in [0.2, 0.25) is 5.60 Å². The molecular formula is C21H13Cl4F5N2O2. The average Bonchev–Trinajstić information content (AvgIpc) is 3.21. The van der Waals surface area contributed by atoms with E-state index in [4.69, 9.17) is 51.2 Å². The molecule has 1 amide bonds. The fourth-order valence-corrected chi connectivity index (χ4v) is 4.50. The van der Waals surface area contributed by atoms with Gasteiger partial charge in [-0.1, -0.05) is 70.7 Å². The second-order valence-corrected chi connectivity index (χ2v) is 9.70. The van der Waals surface area contributed by atoms with E-state index in [1.54, 1.807) is 0 Å².